The van der Waals surface area contributed by atoms with Crippen molar-refractivity contribution in [2.24, 2.45) is 0 Å². The van der Waals surface area contributed by atoms with Crippen molar-refractivity contribution in [3.8, 4) is 22.6 Å². The van der Waals surface area contributed by atoms with Crippen LogP contribution in [0.15, 0.2) is 36.4 Å². The highest BCUT2D eigenvalue weighted by atomic mass is 16.5. The third-order valence-corrected chi connectivity index (χ3v) is 3.39. The third-order valence-electron chi connectivity index (χ3n) is 3.39. The minimum absolute atomic E-state index is 0.637. The lowest BCUT2D eigenvalue weighted by molar-refractivity contribution is 0.112. The molecule has 0 fully saturated rings. The summed E-state index contributed by atoms with van der Waals surface area (Å²) in [6, 6.07) is 11.6. The van der Waals surface area contributed by atoms with Crippen molar-refractivity contribution in [1.82, 2.24) is 0 Å². The van der Waals surface area contributed by atoms with E-state index in [1.54, 1.807) is 13.2 Å². The van der Waals surface area contributed by atoms with Crippen molar-refractivity contribution in [3.63, 3.8) is 0 Å². The van der Waals surface area contributed by atoms with Gasteiger partial charge in [0.25, 0.3) is 0 Å². The van der Waals surface area contributed by atoms with Crippen molar-refractivity contribution in [2.75, 3.05) is 13.7 Å². The molecule has 0 N–H and O–H groups in total. The summed E-state index contributed by atoms with van der Waals surface area (Å²) in [6.07, 6.45) is 1.79. The van der Waals surface area contributed by atoms with E-state index in [4.69, 9.17) is 9.47 Å². The highest BCUT2D eigenvalue weighted by Gasteiger charge is 2.14. The fourth-order valence-corrected chi connectivity index (χ4v) is 2.38. The number of ether oxygens (including phenoxy) is 2. The smallest absolute Gasteiger partial charge is 0.150 e. The van der Waals surface area contributed by atoms with Crippen molar-refractivity contribution in [3.05, 3.63) is 47.5 Å². The number of methoxy groups -OCH3 is 1. The zero-order valence-electron chi connectivity index (χ0n) is 10.7. The predicted octanol–water partition coefficient (Wildman–Crippen LogP) is 3.11. The van der Waals surface area contributed by atoms with Gasteiger partial charge < -0.3 is 9.47 Å². The molecule has 0 saturated carbocycles. The van der Waals surface area contributed by atoms with Crippen molar-refractivity contribution in [1.29, 1.82) is 0 Å². The standard InChI is InChI=1S/C16H14O3/c1-18-14-3-4-15(13(9-14)10-17)11-2-5-16-12(8-11)6-7-19-16/h2-5,8-10H,6-7H2,1H3. The minimum atomic E-state index is 0.637. The Kier molecular flexibility index (Phi) is 2.95. The van der Waals surface area contributed by atoms with Crippen LogP contribution in [0.3, 0.4) is 0 Å². The molecule has 0 unspecified atom stereocenters. The topological polar surface area (TPSA) is 35.5 Å². The van der Waals surface area contributed by atoms with E-state index in [2.05, 4.69) is 6.07 Å². The first kappa shape index (κ1) is 11.8. The summed E-state index contributed by atoms with van der Waals surface area (Å²) in [5.74, 6) is 1.64. The van der Waals surface area contributed by atoms with Crippen LogP contribution in [0.1, 0.15) is 15.9 Å². The summed E-state index contributed by atoms with van der Waals surface area (Å²) in [4.78, 5) is 11.2. The predicted molar refractivity (Wildman–Crippen MR) is 73.0 cm³/mol. The van der Waals surface area contributed by atoms with E-state index >= 15 is 0 Å². The maximum atomic E-state index is 11.2. The number of carbonyl (C=O) groups excluding carboxylic acids is 1. The molecular formula is C16H14O3. The second kappa shape index (κ2) is 4.76. The molecule has 1 aliphatic heterocycles. The Morgan fingerprint density at radius 2 is 2.11 bits per heavy atom. The lowest BCUT2D eigenvalue weighted by Crippen LogP contribution is -1.91. The number of fused-ring (bicyclic) bond motifs is 1. The quantitative estimate of drug-likeness (QED) is 0.789. The van der Waals surface area contributed by atoms with E-state index in [9.17, 15) is 4.79 Å². The van der Waals surface area contributed by atoms with Crippen LogP contribution in [0.2, 0.25) is 0 Å². The molecule has 0 radical (unpaired) electrons. The summed E-state index contributed by atoms with van der Waals surface area (Å²) in [7, 11) is 1.59. The molecule has 0 bridgehead atoms. The molecule has 3 nitrogen and oxygen atoms in total. The molecule has 2 aromatic carbocycles. The SMILES string of the molecule is COc1ccc(-c2ccc3c(c2)CCO3)c(C=O)c1. The molecule has 2 aromatic rings. The second-order valence-electron chi connectivity index (χ2n) is 4.49. The molecule has 0 saturated heterocycles. The van der Waals surface area contributed by atoms with Gasteiger partial charge in [-0.25, -0.2) is 0 Å². The molecule has 0 aromatic heterocycles. The Bertz CT molecular complexity index is 632. The van der Waals surface area contributed by atoms with Crippen LogP contribution < -0.4 is 9.47 Å². The molecule has 0 amide bonds. The number of rotatable bonds is 3. The maximum Gasteiger partial charge on any atom is 0.150 e. The molecule has 3 heteroatoms. The Morgan fingerprint density at radius 3 is 2.89 bits per heavy atom. The van der Waals surface area contributed by atoms with E-state index in [0.717, 1.165) is 36.2 Å². The lowest BCUT2D eigenvalue weighted by atomic mass is 9.98. The highest BCUT2D eigenvalue weighted by molar-refractivity contribution is 5.88. The molecule has 0 spiro atoms. The zero-order valence-corrected chi connectivity index (χ0v) is 10.7. The summed E-state index contributed by atoms with van der Waals surface area (Å²) in [5, 5.41) is 0. The maximum absolute atomic E-state index is 11.2. The van der Waals surface area contributed by atoms with E-state index in [-0.39, 0.29) is 0 Å². The van der Waals surface area contributed by atoms with Crippen molar-refractivity contribution in [2.45, 2.75) is 6.42 Å². The normalized spacial score (nSPS) is 12.7. The van der Waals surface area contributed by atoms with Gasteiger partial charge >= 0.3 is 0 Å². The first-order valence-corrected chi connectivity index (χ1v) is 6.21. The van der Waals surface area contributed by atoms with Gasteiger partial charge in [0.15, 0.2) is 6.29 Å². The van der Waals surface area contributed by atoms with Crippen LogP contribution in [0.25, 0.3) is 11.1 Å². The zero-order chi connectivity index (χ0) is 13.2. The lowest BCUT2D eigenvalue weighted by Gasteiger charge is -2.09. The number of hydrogen-bond donors (Lipinski definition) is 0. The van der Waals surface area contributed by atoms with Gasteiger partial charge in [0.1, 0.15) is 11.5 Å². The number of carbonyl (C=O) groups is 1. The largest absolute Gasteiger partial charge is 0.497 e. The van der Waals surface area contributed by atoms with E-state index in [0.29, 0.717) is 11.3 Å². The minimum Gasteiger partial charge on any atom is -0.497 e. The molecule has 0 atom stereocenters. The Hall–Kier alpha value is -2.29. The Morgan fingerprint density at radius 1 is 1.21 bits per heavy atom. The summed E-state index contributed by atoms with van der Waals surface area (Å²) < 4.78 is 10.6. The monoisotopic (exact) mass is 254 g/mol. The fraction of sp³-hybridized carbons (Fsp3) is 0.188. The first-order chi connectivity index (χ1) is 9.31. The van der Waals surface area contributed by atoms with Gasteiger partial charge in [0, 0.05) is 12.0 Å². The summed E-state index contributed by atoms with van der Waals surface area (Å²) in [5.41, 5.74) is 3.79. The van der Waals surface area contributed by atoms with Gasteiger partial charge in [-0.3, -0.25) is 4.79 Å². The van der Waals surface area contributed by atoms with Crippen LogP contribution in [0, 0.1) is 0 Å². The highest BCUT2D eigenvalue weighted by Crippen LogP contribution is 2.32. The van der Waals surface area contributed by atoms with E-state index in [1.807, 2.05) is 24.3 Å². The van der Waals surface area contributed by atoms with Gasteiger partial charge in [-0.2, -0.15) is 0 Å². The van der Waals surface area contributed by atoms with Gasteiger partial charge in [-0.05, 0) is 47.0 Å². The fourth-order valence-electron chi connectivity index (χ4n) is 2.38. The van der Waals surface area contributed by atoms with Crippen molar-refractivity contribution < 1.29 is 14.3 Å². The number of aldehydes is 1. The number of benzene rings is 2. The summed E-state index contributed by atoms with van der Waals surface area (Å²) >= 11 is 0. The molecular weight excluding hydrogens is 240 g/mol. The van der Waals surface area contributed by atoms with Crippen LogP contribution in [-0.2, 0) is 6.42 Å². The van der Waals surface area contributed by atoms with Gasteiger partial charge in [0.2, 0.25) is 0 Å². The molecule has 19 heavy (non-hydrogen) atoms. The molecule has 3 rings (SSSR count). The molecule has 1 heterocycles. The third kappa shape index (κ3) is 2.08. The van der Waals surface area contributed by atoms with Crippen LogP contribution in [0.5, 0.6) is 11.5 Å². The van der Waals surface area contributed by atoms with Gasteiger partial charge in [-0.15, -0.1) is 0 Å². The molecule has 1 aliphatic rings. The Balaban J connectivity index is 2.08. The summed E-state index contributed by atoms with van der Waals surface area (Å²) in [6.45, 7) is 0.738. The van der Waals surface area contributed by atoms with Crippen LogP contribution in [-0.4, -0.2) is 20.0 Å². The second-order valence-corrected chi connectivity index (χ2v) is 4.49. The van der Waals surface area contributed by atoms with E-state index in [1.165, 1.54) is 5.56 Å². The Labute approximate surface area is 111 Å². The van der Waals surface area contributed by atoms with Crippen LogP contribution >= 0.6 is 0 Å². The van der Waals surface area contributed by atoms with Gasteiger partial charge in [-0.1, -0.05) is 6.07 Å². The first-order valence-electron chi connectivity index (χ1n) is 6.21. The molecule has 0 aliphatic carbocycles. The van der Waals surface area contributed by atoms with Crippen molar-refractivity contribution >= 4 is 6.29 Å². The number of hydrogen-bond acceptors (Lipinski definition) is 3. The van der Waals surface area contributed by atoms with Crippen LogP contribution in [0.4, 0.5) is 0 Å². The van der Waals surface area contributed by atoms with E-state index < -0.39 is 0 Å². The molecule has 96 valence electrons. The average molecular weight is 254 g/mol. The van der Waals surface area contributed by atoms with Gasteiger partial charge in [0.05, 0.1) is 13.7 Å². The average Bonchev–Trinajstić information content (AvgIpc) is 2.93.